The minimum atomic E-state index is -0.365. The van der Waals surface area contributed by atoms with E-state index in [1.165, 1.54) is 17.0 Å². The molecule has 0 fully saturated rings. The Morgan fingerprint density at radius 1 is 1.12 bits per heavy atom. The number of carbonyl (C=O) groups excluding carboxylic acids is 2. The number of halogens is 1. The molecule has 7 nitrogen and oxygen atoms in total. The summed E-state index contributed by atoms with van der Waals surface area (Å²) >= 11 is 0. The van der Waals surface area contributed by atoms with Gasteiger partial charge in [0.2, 0.25) is 17.8 Å². The molecule has 0 saturated heterocycles. The number of nitrogens with zero attached hydrogens (tertiary/aromatic N) is 3. The Labute approximate surface area is 186 Å². The van der Waals surface area contributed by atoms with Gasteiger partial charge in [-0.3, -0.25) is 19.5 Å². The van der Waals surface area contributed by atoms with Crippen molar-refractivity contribution in [3.63, 3.8) is 0 Å². The van der Waals surface area contributed by atoms with Crippen LogP contribution in [0.3, 0.4) is 0 Å². The molecule has 0 bridgehead atoms. The Morgan fingerprint density at radius 3 is 2.34 bits per heavy atom. The first kappa shape index (κ1) is 23.0. The SMILES string of the molecule is CCC(=O)N(CC(=O)Nc1nc(-c2ccc(OC)cc2)cn1-c1ccc(F)cc1)C(C)C. The van der Waals surface area contributed by atoms with Crippen molar-refractivity contribution in [2.45, 2.75) is 33.2 Å². The third-order valence-corrected chi connectivity index (χ3v) is 5.01. The number of amides is 2. The van der Waals surface area contributed by atoms with Crippen LogP contribution in [0, 0.1) is 5.82 Å². The summed E-state index contributed by atoms with van der Waals surface area (Å²) in [7, 11) is 1.59. The van der Waals surface area contributed by atoms with Gasteiger partial charge in [0.1, 0.15) is 18.1 Å². The summed E-state index contributed by atoms with van der Waals surface area (Å²) in [5, 5.41) is 2.80. The topological polar surface area (TPSA) is 76.5 Å². The number of methoxy groups -OCH3 is 1. The zero-order valence-corrected chi connectivity index (χ0v) is 18.6. The van der Waals surface area contributed by atoms with Crippen molar-refractivity contribution in [2.24, 2.45) is 0 Å². The Balaban J connectivity index is 1.93. The van der Waals surface area contributed by atoms with Crippen LogP contribution in [0.2, 0.25) is 0 Å². The molecule has 0 unspecified atom stereocenters. The molecule has 32 heavy (non-hydrogen) atoms. The lowest BCUT2D eigenvalue weighted by atomic mass is 10.1. The van der Waals surface area contributed by atoms with Crippen LogP contribution in [-0.2, 0) is 9.59 Å². The number of nitrogens with one attached hydrogen (secondary N) is 1. The van der Waals surface area contributed by atoms with E-state index in [1.54, 1.807) is 36.9 Å². The fourth-order valence-electron chi connectivity index (χ4n) is 3.25. The van der Waals surface area contributed by atoms with Gasteiger partial charge in [-0.2, -0.15) is 0 Å². The van der Waals surface area contributed by atoms with E-state index in [0.29, 0.717) is 17.8 Å². The van der Waals surface area contributed by atoms with E-state index in [-0.39, 0.29) is 36.2 Å². The molecule has 0 saturated carbocycles. The Bertz CT molecular complexity index is 1080. The number of rotatable bonds is 8. The molecule has 2 aromatic carbocycles. The average Bonchev–Trinajstić information content (AvgIpc) is 3.20. The second kappa shape index (κ2) is 10.1. The van der Waals surface area contributed by atoms with E-state index >= 15 is 0 Å². The predicted octanol–water partition coefficient (Wildman–Crippen LogP) is 4.27. The van der Waals surface area contributed by atoms with Gasteiger partial charge in [-0.15, -0.1) is 0 Å². The monoisotopic (exact) mass is 438 g/mol. The van der Waals surface area contributed by atoms with Gasteiger partial charge in [-0.25, -0.2) is 9.37 Å². The van der Waals surface area contributed by atoms with Gasteiger partial charge in [0.25, 0.3) is 0 Å². The van der Waals surface area contributed by atoms with Gasteiger partial charge in [0.15, 0.2) is 0 Å². The first-order chi connectivity index (χ1) is 15.3. The maximum absolute atomic E-state index is 13.4. The molecule has 1 N–H and O–H groups in total. The van der Waals surface area contributed by atoms with Crippen molar-refractivity contribution in [3.05, 3.63) is 60.5 Å². The van der Waals surface area contributed by atoms with E-state index in [2.05, 4.69) is 10.3 Å². The summed E-state index contributed by atoms with van der Waals surface area (Å²) in [6, 6.07) is 13.1. The van der Waals surface area contributed by atoms with Gasteiger partial charge >= 0.3 is 0 Å². The molecule has 2 amide bonds. The zero-order chi connectivity index (χ0) is 23.3. The molecule has 3 aromatic rings. The van der Waals surface area contributed by atoms with Crippen LogP contribution < -0.4 is 10.1 Å². The van der Waals surface area contributed by atoms with Crippen molar-refractivity contribution in [3.8, 4) is 22.7 Å². The van der Waals surface area contributed by atoms with Crippen LogP contribution in [0.5, 0.6) is 5.75 Å². The van der Waals surface area contributed by atoms with Crippen LogP contribution in [-0.4, -0.2) is 46.0 Å². The molecular formula is C24H27FN4O3. The lowest BCUT2D eigenvalue weighted by Crippen LogP contribution is -2.42. The highest BCUT2D eigenvalue weighted by Gasteiger charge is 2.21. The third-order valence-electron chi connectivity index (χ3n) is 5.01. The third kappa shape index (κ3) is 5.32. The molecule has 3 rings (SSSR count). The molecule has 1 heterocycles. The number of anilines is 1. The summed E-state index contributed by atoms with van der Waals surface area (Å²) in [5.74, 6) is 0.168. The van der Waals surface area contributed by atoms with E-state index in [1.807, 2.05) is 38.1 Å². The van der Waals surface area contributed by atoms with Gasteiger partial charge in [-0.1, -0.05) is 6.92 Å². The molecule has 0 aliphatic heterocycles. The number of ether oxygens (including phenoxy) is 1. The first-order valence-electron chi connectivity index (χ1n) is 10.4. The van der Waals surface area contributed by atoms with E-state index in [9.17, 15) is 14.0 Å². The van der Waals surface area contributed by atoms with Crippen LogP contribution in [0.4, 0.5) is 10.3 Å². The normalized spacial score (nSPS) is 10.8. The minimum absolute atomic E-state index is 0.0848. The van der Waals surface area contributed by atoms with Crippen LogP contribution in [0.15, 0.2) is 54.7 Å². The second-order valence-corrected chi connectivity index (χ2v) is 7.54. The number of benzene rings is 2. The van der Waals surface area contributed by atoms with E-state index < -0.39 is 0 Å². The lowest BCUT2D eigenvalue weighted by Gasteiger charge is -2.25. The quantitative estimate of drug-likeness (QED) is 0.570. The molecule has 0 aliphatic carbocycles. The van der Waals surface area contributed by atoms with Crippen molar-refractivity contribution < 1.29 is 18.7 Å². The van der Waals surface area contributed by atoms with Crippen molar-refractivity contribution in [2.75, 3.05) is 19.0 Å². The van der Waals surface area contributed by atoms with Crippen LogP contribution in [0.25, 0.3) is 16.9 Å². The summed E-state index contributed by atoms with van der Waals surface area (Å²) < 4.78 is 20.3. The number of aromatic nitrogens is 2. The molecule has 168 valence electrons. The zero-order valence-electron chi connectivity index (χ0n) is 18.6. The predicted molar refractivity (Wildman–Crippen MR) is 121 cm³/mol. The number of hydrogen-bond donors (Lipinski definition) is 1. The summed E-state index contributed by atoms with van der Waals surface area (Å²) in [6.45, 7) is 5.40. The van der Waals surface area contributed by atoms with E-state index in [0.717, 1.165) is 11.3 Å². The Morgan fingerprint density at radius 2 is 1.78 bits per heavy atom. The fraction of sp³-hybridized carbons (Fsp3) is 0.292. The molecule has 0 spiro atoms. The maximum Gasteiger partial charge on any atom is 0.246 e. The van der Waals surface area contributed by atoms with Gasteiger partial charge in [-0.05, 0) is 62.4 Å². The number of carbonyl (C=O) groups is 2. The first-order valence-corrected chi connectivity index (χ1v) is 10.4. The molecular weight excluding hydrogens is 411 g/mol. The van der Waals surface area contributed by atoms with Crippen molar-refractivity contribution in [1.82, 2.24) is 14.5 Å². The highest BCUT2D eigenvalue weighted by Crippen LogP contribution is 2.26. The fourth-order valence-corrected chi connectivity index (χ4v) is 3.25. The number of imidazole rings is 1. The lowest BCUT2D eigenvalue weighted by molar-refractivity contribution is -0.136. The van der Waals surface area contributed by atoms with Gasteiger partial charge < -0.3 is 9.64 Å². The summed E-state index contributed by atoms with van der Waals surface area (Å²) in [6.07, 6.45) is 2.08. The molecule has 8 heteroatoms. The van der Waals surface area contributed by atoms with Crippen molar-refractivity contribution >= 4 is 17.8 Å². The van der Waals surface area contributed by atoms with Crippen LogP contribution in [0.1, 0.15) is 27.2 Å². The minimum Gasteiger partial charge on any atom is -0.497 e. The molecule has 0 aliphatic rings. The Kier molecular flexibility index (Phi) is 7.25. The molecule has 1 aromatic heterocycles. The summed E-state index contributed by atoms with van der Waals surface area (Å²) in [5.41, 5.74) is 2.09. The smallest absolute Gasteiger partial charge is 0.246 e. The Hall–Kier alpha value is -3.68. The standard InChI is InChI=1S/C24H27FN4O3/c1-5-23(31)28(16(2)3)15-22(30)27-24-26-21(17-6-12-20(32-4)13-7-17)14-29(24)19-10-8-18(25)9-11-19/h6-14,16H,5,15H2,1-4H3,(H,26,27,30). The average molecular weight is 439 g/mol. The summed E-state index contributed by atoms with van der Waals surface area (Å²) in [4.78, 5) is 31.1. The van der Waals surface area contributed by atoms with Crippen LogP contribution >= 0.6 is 0 Å². The second-order valence-electron chi connectivity index (χ2n) is 7.54. The highest BCUT2D eigenvalue weighted by atomic mass is 19.1. The van der Waals surface area contributed by atoms with Gasteiger partial charge in [0, 0.05) is 29.9 Å². The number of hydrogen-bond acceptors (Lipinski definition) is 4. The van der Waals surface area contributed by atoms with Crippen molar-refractivity contribution in [1.29, 1.82) is 0 Å². The molecule has 0 radical (unpaired) electrons. The maximum atomic E-state index is 13.4. The van der Waals surface area contributed by atoms with E-state index in [4.69, 9.17) is 4.74 Å². The van der Waals surface area contributed by atoms with Gasteiger partial charge in [0.05, 0.1) is 12.8 Å². The molecule has 0 atom stereocenters. The highest BCUT2D eigenvalue weighted by molar-refractivity contribution is 5.94. The largest absolute Gasteiger partial charge is 0.497 e.